The van der Waals surface area contributed by atoms with Crippen LogP contribution >= 0.6 is 0 Å². The van der Waals surface area contributed by atoms with Gasteiger partial charge in [-0.2, -0.15) is 10.5 Å². The summed E-state index contributed by atoms with van der Waals surface area (Å²) in [6, 6.07) is 10.8. The average molecular weight is 432 g/mol. The van der Waals surface area contributed by atoms with E-state index < -0.39 is 0 Å². The summed E-state index contributed by atoms with van der Waals surface area (Å²) in [7, 11) is 0. The molecule has 0 radical (unpaired) electrons. The third kappa shape index (κ3) is 11.7. The third-order valence-corrected chi connectivity index (χ3v) is 2.08. The van der Waals surface area contributed by atoms with Crippen molar-refractivity contribution in [3.63, 3.8) is 0 Å². The Morgan fingerprint density at radius 3 is 1.74 bits per heavy atom. The van der Waals surface area contributed by atoms with E-state index in [9.17, 15) is 0 Å². The van der Waals surface area contributed by atoms with Crippen LogP contribution in [0.25, 0.3) is 0 Å². The van der Waals surface area contributed by atoms with Gasteiger partial charge >= 0.3 is 0 Å². The van der Waals surface area contributed by atoms with Gasteiger partial charge in [-0.1, -0.05) is 7.43 Å². The summed E-state index contributed by atoms with van der Waals surface area (Å²) in [6.07, 6.45) is 3.02. The quantitative estimate of drug-likeness (QED) is 0.383. The summed E-state index contributed by atoms with van der Waals surface area (Å²) >= 11 is 0. The zero-order valence-electron chi connectivity index (χ0n) is 11.8. The van der Waals surface area contributed by atoms with Gasteiger partial charge in [-0.3, -0.25) is 16.7 Å². The number of anilines is 1. The molecule has 2 aromatic heterocycles. The second-order valence-corrected chi connectivity index (χ2v) is 3.49. The first kappa shape index (κ1) is 26.4. The molecule has 0 spiro atoms. The molecule has 124 valence electrons. The summed E-state index contributed by atoms with van der Waals surface area (Å²) in [5, 5.41) is 16.7. The molecule has 0 bridgehead atoms. The number of aromatic nitrogens is 2. The molecule has 0 amide bonds. The van der Waals surface area contributed by atoms with Gasteiger partial charge in [0.15, 0.2) is 0 Å². The third-order valence-electron chi connectivity index (χ3n) is 2.08. The minimum atomic E-state index is 0. The molecule has 7 N–H and O–H groups in total. The molecule has 2 aromatic rings. The molecule has 0 saturated heterocycles. The van der Waals surface area contributed by atoms with Crippen LogP contribution in [-0.2, 0) is 0 Å². The Kier molecular flexibility index (Phi) is 19.4. The molecule has 0 aliphatic carbocycles. The molecule has 8 nitrogen and oxygen atoms in total. The number of nitrogen functional groups attached to an aromatic ring is 1. The maximum atomic E-state index is 8.36. The smallest absolute Gasteiger partial charge is 0.139 e. The Morgan fingerprint density at radius 2 is 1.43 bits per heavy atom. The van der Waals surface area contributed by atoms with E-state index in [1.165, 1.54) is 6.20 Å². The molecule has 0 fully saturated rings. The first-order valence-electron chi connectivity index (χ1n) is 5.68. The summed E-state index contributed by atoms with van der Waals surface area (Å²) < 4.78 is 0. The maximum Gasteiger partial charge on any atom is 0.139 e. The molecule has 0 aliphatic rings. The number of nitrogens with one attached hydrogen (secondary N) is 1. The minimum absolute atomic E-state index is 0. The molecule has 2 rings (SSSR count). The fraction of sp³-hybridized carbons (Fsp3) is 0.143. The van der Waals surface area contributed by atoms with Crippen molar-refractivity contribution in [3.8, 4) is 12.1 Å². The van der Waals surface area contributed by atoms with Crippen molar-refractivity contribution in [2.24, 2.45) is 17.5 Å². The van der Waals surface area contributed by atoms with Crippen LogP contribution in [0.4, 0.5) is 5.82 Å². The van der Waals surface area contributed by atoms with E-state index in [0.29, 0.717) is 16.9 Å². The average Bonchev–Trinajstić information content (AvgIpc) is 2.58. The Bertz CT molecular complexity index is 599. The fourth-order valence-electron chi connectivity index (χ4n) is 1.08. The Hall–Kier alpha value is -1.47. The number of rotatable bonds is 1. The van der Waals surface area contributed by atoms with E-state index in [0.717, 1.165) is 5.69 Å². The predicted octanol–water partition coefficient (Wildman–Crippen LogP) is 0.955. The minimum Gasteiger partial charge on any atom is -0.308 e. The standard InChI is InChI=1S/C7H6N2.C6H6N4.CH4.H4N2.Xe/c1-6-2-3-7(4-8)5-9-6;7-3-5-1-2-6(10-8)9-4-5;;1-2;/h2-3,5H,1H3;1-2,4H,8H2,(H,9,10);1H4;1-2H2;. The molecule has 23 heavy (non-hydrogen) atoms. The van der Waals surface area contributed by atoms with E-state index in [1.807, 2.05) is 25.1 Å². The van der Waals surface area contributed by atoms with E-state index in [4.69, 9.17) is 16.4 Å². The van der Waals surface area contributed by atoms with Gasteiger partial charge in [0.25, 0.3) is 0 Å². The number of hydrogen-bond acceptors (Lipinski definition) is 8. The van der Waals surface area contributed by atoms with E-state index in [1.54, 1.807) is 24.4 Å². The van der Waals surface area contributed by atoms with E-state index in [-0.39, 0.29) is 56.3 Å². The van der Waals surface area contributed by atoms with Gasteiger partial charge in [0.1, 0.15) is 18.0 Å². The van der Waals surface area contributed by atoms with Crippen LogP contribution in [0.3, 0.4) is 0 Å². The van der Waals surface area contributed by atoms with Gasteiger partial charge in [-0.05, 0) is 31.2 Å². The van der Waals surface area contributed by atoms with Crippen molar-refractivity contribution in [2.75, 3.05) is 5.43 Å². The molecule has 2 heterocycles. The van der Waals surface area contributed by atoms with Crippen molar-refractivity contribution >= 4 is 5.82 Å². The number of nitrogens with zero attached hydrogens (tertiary/aromatic N) is 4. The molecule has 0 saturated carbocycles. The monoisotopic (exact) mass is 432 g/mol. The van der Waals surface area contributed by atoms with Crippen LogP contribution in [0.5, 0.6) is 0 Å². The van der Waals surface area contributed by atoms with Gasteiger partial charge in [0.2, 0.25) is 0 Å². The number of nitriles is 2. The maximum absolute atomic E-state index is 8.36. The molecular formula is C14H20N8Xe. The van der Waals surface area contributed by atoms with Crippen molar-refractivity contribution < 1.29 is 48.9 Å². The van der Waals surface area contributed by atoms with Crippen molar-refractivity contribution in [3.05, 3.63) is 53.5 Å². The fourth-order valence-corrected chi connectivity index (χ4v) is 1.08. The zero-order chi connectivity index (χ0) is 16.1. The Balaban J connectivity index is -0.000000292. The van der Waals surface area contributed by atoms with Gasteiger partial charge in [-0.15, -0.1) is 0 Å². The first-order valence-corrected chi connectivity index (χ1v) is 5.68. The zero-order valence-corrected chi connectivity index (χ0v) is 13.9. The van der Waals surface area contributed by atoms with Crippen molar-refractivity contribution in [2.45, 2.75) is 14.4 Å². The van der Waals surface area contributed by atoms with Gasteiger partial charge in [0, 0.05) is 67.0 Å². The summed E-state index contributed by atoms with van der Waals surface area (Å²) in [5.41, 5.74) is 4.44. The molecular weight excluding hydrogens is 412 g/mol. The topological polar surface area (TPSA) is 163 Å². The largest absolute Gasteiger partial charge is 0.308 e. The summed E-state index contributed by atoms with van der Waals surface area (Å²) in [4.78, 5) is 7.74. The van der Waals surface area contributed by atoms with E-state index >= 15 is 0 Å². The van der Waals surface area contributed by atoms with Gasteiger partial charge < -0.3 is 5.43 Å². The van der Waals surface area contributed by atoms with Crippen LogP contribution in [0.15, 0.2) is 36.7 Å². The first-order chi connectivity index (χ1) is 10.2. The Morgan fingerprint density at radius 1 is 0.957 bits per heavy atom. The summed E-state index contributed by atoms with van der Waals surface area (Å²) in [6.45, 7) is 1.89. The van der Waals surface area contributed by atoms with Crippen LogP contribution in [0.2, 0.25) is 0 Å². The van der Waals surface area contributed by atoms with Crippen molar-refractivity contribution in [1.82, 2.24) is 9.97 Å². The normalized spacial score (nSPS) is 7.22. The number of hydrazine groups is 2. The van der Waals surface area contributed by atoms with E-state index in [2.05, 4.69) is 27.1 Å². The number of hydrogen-bond donors (Lipinski definition) is 4. The molecule has 0 atom stereocenters. The molecule has 0 aliphatic heterocycles. The molecule has 0 aromatic carbocycles. The second kappa shape index (κ2) is 16.9. The van der Waals surface area contributed by atoms with Crippen molar-refractivity contribution in [1.29, 1.82) is 10.5 Å². The van der Waals surface area contributed by atoms with Gasteiger partial charge in [0.05, 0.1) is 11.1 Å². The SMILES string of the molecule is C.Cc1ccc(C#N)cn1.N#Cc1ccc(NN)nc1.NN.[Xe]. The summed E-state index contributed by atoms with van der Waals surface area (Å²) in [5.74, 6) is 13.6. The number of pyridine rings is 2. The van der Waals surface area contributed by atoms with Crippen LogP contribution in [-0.4, -0.2) is 9.97 Å². The molecule has 9 heteroatoms. The van der Waals surface area contributed by atoms with Crippen LogP contribution in [0, 0.1) is 78.5 Å². The number of nitrogens with two attached hydrogens (primary N) is 3. The number of aryl methyl sites for hydroxylation is 1. The van der Waals surface area contributed by atoms with Gasteiger partial charge in [-0.25, -0.2) is 10.8 Å². The van der Waals surface area contributed by atoms with Crippen LogP contribution in [0.1, 0.15) is 24.2 Å². The molecule has 0 unspecified atom stereocenters. The second-order valence-electron chi connectivity index (χ2n) is 3.49. The predicted molar refractivity (Wildman–Crippen MR) is 85.6 cm³/mol. The Labute approximate surface area is 176 Å². The van der Waals surface area contributed by atoms with Crippen LogP contribution < -0.4 is 23.0 Å².